The molecule has 0 heterocycles. The zero-order valence-electron chi connectivity index (χ0n) is 6.49. The van der Waals surface area contributed by atoms with Gasteiger partial charge < -0.3 is 0 Å². The van der Waals surface area contributed by atoms with Crippen molar-refractivity contribution in [1.29, 1.82) is 0 Å². The molecule has 0 aromatic carbocycles. The summed E-state index contributed by atoms with van der Waals surface area (Å²) in [6.07, 6.45) is 0. The summed E-state index contributed by atoms with van der Waals surface area (Å²) in [5, 5.41) is 0. The lowest BCUT2D eigenvalue weighted by atomic mass is 10.0. The lowest BCUT2D eigenvalue weighted by Gasteiger charge is -2.11. The van der Waals surface area contributed by atoms with Crippen molar-refractivity contribution >= 4 is 10.1 Å². The molecule has 0 fully saturated rings. The molecule has 0 amide bonds. The van der Waals surface area contributed by atoms with E-state index in [9.17, 15) is 13.0 Å². The monoisotopic (exact) mass is 165 g/mol. The van der Waals surface area contributed by atoms with Gasteiger partial charge in [0, 0.05) is 0 Å². The minimum atomic E-state index is -4.02. The van der Waals surface area contributed by atoms with E-state index in [4.69, 9.17) is 0 Å². The van der Waals surface area contributed by atoms with Gasteiger partial charge in [0.05, 0.1) is 5.75 Å². The first-order valence-corrected chi connectivity index (χ1v) is 4.84. The summed E-state index contributed by atoms with van der Waals surface area (Å²) in [6, 6.07) is 0. The molecular weight excluding hydrogens is 152 g/mol. The summed E-state index contributed by atoms with van der Waals surface area (Å²) in [7, 11) is -4.02. The maximum Gasteiger partial charge on any atom is 0.294 e. The second-order valence-corrected chi connectivity index (χ2v) is 4.39. The van der Waals surface area contributed by atoms with Gasteiger partial charge in [0.2, 0.25) is 0 Å². The van der Waals surface area contributed by atoms with Crippen LogP contribution < -0.4 is 0 Å². The maximum atomic E-state index is 10.2. The lowest BCUT2D eigenvalue weighted by molar-refractivity contribution is 0.386. The van der Waals surface area contributed by atoms with E-state index in [1.165, 1.54) is 0 Å². The SMILES string of the molecule is CC(C)C(C)CS([O])(=O)=O. The predicted octanol–water partition coefficient (Wildman–Crippen LogP) is 1.04. The summed E-state index contributed by atoms with van der Waals surface area (Å²) in [4.78, 5) is 0. The second kappa shape index (κ2) is 3.34. The van der Waals surface area contributed by atoms with E-state index in [-0.39, 0.29) is 17.6 Å². The summed E-state index contributed by atoms with van der Waals surface area (Å²) < 4.78 is 30.6. The van der Waals surface area contributed by atoms with Gasteiger partial charge in [-0.2, -0.15) is 8.42 Å². The molecule has 1 radical (unpaired) electrons. The Kier molecular flexibility index (Phi) is 3.31. The van der Waals surface area contributed by atoms with Crippen LogP contribution in [0, 0.1) is 11.8 Å². The molecule has 10 heavy (non-hydrogen) atoms. The van der Waals surface area contributed by atoms with Crippen LogP contribution in [0.4, 0.5) is 0 Å². The first-order chi connectivity index (χ1) is 4.33. The largest absolute Gasteiger partial charge is 0.294 e. The Hall–Kier alpha value is -0.0900. The van der Waals surface area contributed by atoms with Gasteiger partial charge >= 0.3 is 0 Å². The van der Waals surface area contributed by atoms with Gasteiger partial charge in [0.1, 0.15) is 0 Å². The third-order valence-electron chi connectivity index (χ3n) is 1.61. The molecule has 1 atom stereocenters. The minimum Gasteiger partial charge on any atom is -0.197 e. The zero-order chi connectivity index (χ0) is 8.36. The van der Waals surface area contributed by atoms with Crippen molar-refractivity contribution in [3.05, 3.63) is 0 Å². The number of hydrogen-bond donors (Lipinski definition) is 0. The van der Waals surface area contributed by atoms with E-state index >= 15 is 0 Å². The Bertz CT molecular complexity index is 181. The quantitative estimate of drug-likeness (QED) is 0.627. The summed E-state index contributed by atoms with van der Waals surface area (Å²) in [5.74, 6) is -0.0313. The van der Waals surface area contributed by atoms with Crippen molar-refractivity contribution in [2.24, 2.45) is 11.8 Å². The van der Waals surface area contributed by atoms with Crippen LogP contribution in [0.1, 0.15) is 20.8 Å². The first-order valence-electron chi connectivity index (χ1n) is 3.26. The molecule has 0 aliphatic carbocycles. The normalized spacial score (nSPS) is 15.7. The van der Waals surface area contributed by atoms with Crippen LogP contribution in [-0.4, -0.2) is 14.2 Å². The highest BCUT2D eigenvalue weighted by molar-refractivity contribution is 7.85. The van der Waals surface area contributed by atoms with Crippen molar-refractivity contribution < 1.29 is 13.0 Å². The van der Waals surface area contributed by atoms with Gasteiger partial charge in [-0.3, -0.25) is 0 Å². The average Bonchev–Trinajstić information content (AvgIpc) is 1.60. The summed E-state index contributed by atoms with van der Waals surface area (Å²) in [5.41, 5.74) is 0. The third-order valence-corrected chi connectivity index (χ3v) is 2.54. The van der Waals surface area contributed by atoms with Gasteiger partial charge in [-0.05, 0) is 11.8 Å². The van der Waals surface area contributed by atoms with Crippen molar-refractivity contribution in [2.45, 2.75) is 20.8 Å². The van der Waals surface area contributed by atoms with Crippen molar-refractivity contribution in [3.63, 3.8) is 0 Å². The Morgan fingerprint density at radius 2 is 1.60 bits per heavy atom. The van der Waals surface area contributed by atoms with Gasteiger partial charge in [-0.25, -0.2) is 0 Å². The van der Waals surface area contributed by atoms with Crippen LogP contribution in [0.5, 0.6) is 0 Å². The Morgan fingerprint density at radius 1 is 1.20 bits per heavy atom. The fraction of sp³-hybridized carbons (Fsp3) is 1.00. The molecule has 0 rings (SSSR count). The molecule has 0 N–H and O–H groups in total. The average molecular weight is 165 g/mol. The summed E-state index contributed by atoms with van der Waals surface area (Å²) >= 11 is 0. The van der Waals surface area contributed by atoms with Crippen molar-refractivity contribution in [2.75, 3.05) is 5.75 Å². The highest BCUT2D eigenvalue weighted by Crippen LogP contribution is 2.11. The molecule has 0 aromatic heterocycles. The predicted molar refractivity (Wildman–Crippen MR) is 38.5 cm³/mol. The second-order valence-electron chi connectivity index (χ2n) is 2.95. The van der Waals surface area contributed by atoms with Crippen molar-refractivity contribution in [3.8, 4) is 0 Å². The smallest absolute Gasteiger partial charge is 0.197 e. The molecule has 0 saturated heterocycles. The topological polar surface area (TPSA) is 54.0 Å². The van der Waals surface area contributed by atoms with Crippen LogP contribution >= 0.6 is 0 Å². The lowest BCUT2D eigenvalue weighted by Crippen LogP contribution is -2.16. The fourth-order valence-electron chi connectivity index (χ4n) is 0.514. The molecule has 3 nitrogen and oxygen atoms in total. The van der Waals surface area contributed by atoms with Crippen LogP contribution in [0.3, 0.4) is 0 Å². The minimum absolute atomic E-state index is 0.0394. The molecular formula is C6H13O3S. The Balaban J connectivity index is 3.93. The molecule has 0 saturated carbocycles. The van der Waals surface area contributed by atoms with Crippen LogP contribution in [0.2, 0.25) is 0 Å². The van der Waals surface area contributed by atoms with Crippen LogP contribution in [0.25, 0.3) is 0 Å². The maximum absolute atomic E-state index is 10.2. The molecule has 61 valence electrons. The third kappa shape index (κ3) is 4.76. The molecule has 0 spiro atoms. The van der Waals surface area contributed by atoms with E-state index in [1.807, 2.05) is 13.8 Å². The van der Waals surface area contributed by atoms with E-state index in [0.29, 0.717) is 0 Å². The highest BCUT2D eigenvalue weighted by Gasteiger charge is 2.16. The Labute approximate surface area is 62.2 Å². The zero-order valence-corrected chi connectivity index (χ0v) is 7.31. The molecule has 0 aromatic rings. The molecule has 0 aliphatic heterocycles. The molecule has 4 heteroatoms. The van der Waals surface area contributed by atoms with Gasteiger partial charge in [-0.15, -0.1) is 0 Å². The standard InChI is InChI=1S/C6H13O3S/c1-5(2)6(3)4-10(7,8)9/h5-6H,4H2,1-3H3. The first kappa shape index (κ1) is 9.91. The van der Waals surface area contributed by atoms with Crippen LogP contribution in [-0.2, 0) is 14.7 Å². The van der Waals surface area contributed by atoms with E-state index in [0.717, 1.165) is 0 Å². The molecule has 1 unspecified atom stereocenters. The van der Waals surface area contributed by atoms with Gasteiger partial charge in [0.15, 0.2) is 0 Å². The summed E-state index contributed by atoms with van der Waals surface area (Å²) in [6.45, 7) is 5.56. The number of hydrogen-bond acceptors (Lipinski definition) is 2. The molecule has 0 bridgehead atoms. The molecule has 0 aliphatic rings. The van der Waals surface area contributed by atoms with Gasteiger partial charge in [-0.1, -0.05) is 25.3 Å². The van der Waals surface area contributed by atoms with E-state index < -0.39 is 10.1 Å². The highest BCUT2D eigenvalue weighted by atomic mass is 32.2. The van der Waals surface area contributed by atoms with E-state index in [1.54, 1.807) is 6.92 Å². The van der Waals surface area contributed by atoms with Crippen LogP contribution in [0.15, 0.2) is 0 Å². The van der Waals surface area contributed by atoms with E-state index in [2.05, 4.69) is 0 Å². The van der Waals surface area contributed by atoms with Crippen molar-refractivity contribution in [1.82, 2.24) is 0 Å². The Morgan fingerprint density at radius 3 is 1.70 bits per heavy atom. The fourth-order valence-corrected chi connectivity index (χ4v) is 1.54. The number of rotatable bonds is 3. The van der Waals surface area contributed by atoms with Gasteiger partial charge in [0.25, 0.3) is 10.1 Å².